The molecule has 1 aliphatic rings. The zero-order valence-electron chi connectivity index (χ0n) is 18.1. The van der Waals surface area contributed by atoms with Crippen molar-refractivity contribution in [3.8, 4) is 11.6 Å². The summed E-state index contributed by atoms with van der Waals surface area (Å²) in [6, 6.07) is 17.7. The van der Waals surface area contributed by atoms with Crippen LogP contribution in [0.2, 0.25) is 0 Å². The number of allylic oxidation sites excluding steroid dienone is 2. The lowest BCUT2D eigenvalue weighted by molar-refractivity contribution is -0.114. The normalized spacial score (nSPS) is 15.4. The number of aromatic nitrogens is 4. The fraction of sp³-hybridized carbons (Fsp3) is 0.200. The molecule has 1 aliphatic heterocycles. The second kappa shape index (κ2) is 7.92. The van der Waals surface area contributed by atoms with E-state index in [1.54, 1.807) is 31.8 Å². The van der Waals surface area contributed by atoms with Gasteiger partial charge < -0.3 is 9.47 Å². The predicted octanol–water partition coefficient (Wildman–Crippen LogP) is 4.11. The molecule has 2 aromatic heterocycles. The smallest absolute Gasteiger partial charge is 0.228 e. The third-order valence-corrected chi connectivity index (χ3v) is 5.67. The summed E-state index contributed by atoms with van der Waals surface area (Å²) in [5.74, 6) is 1.99. The van der Waals surface area contributed by atoms with Crippen molar-refractivity contribution in [3.63, 3.8) is 0 Å². The molecule has 3 heterocycles. The molecule has 7 heteroatoms. The molecule has 0 saturated carbocycles. The molecule has 5 rings (SSSR count). The highest BCUT2D eigenvalue weighted by molar-refractivity contribution is 5.97. The number of ether oxygens (including phenoxy) is 2. The Labute approximate surface area is 185 Å². The van der Waals surface area contributed by atoms with Gasteiger partial charge in [0.05, 0.1) is 12.7 Å². The molecular formula is C25H22N4O3. The molecule has 0 aliphatic carbocycles. The van der Waals surface area contributed by atoms with Gasteiger partial charge in [0.15, 0.2) is 17.3 Å². The Kier molecular flexibility index (Phi) is 4.93. The Morgan fingerprint density at radius 3 is 2.56 bits per heavy atom. The van der Waals surface area contributed by atoms with E-state index in [-0.39, 0.29) is 11.7 Å². The lowest BCUT2D eigenvalue weighted by atomic mass is 9.82. The zero-order valence-corrected chi connectivity index (χ0v) is 18.1. The van der Waals surface area contributed by atoms with Crippen LogP contribution in [0, 0.1) is 0 Å². The third kappa shape index (κ3) is 3.41. The molecule has 0 unspecified atom stereocenters. The van der Waals surface area contributed by atoms with Gasteiger partial charge in [-0.3, -0.25) is 4.79 Å². The Hall–Kier alpha value is -4.00. The van der Waals surface area contributed by atoms with Gasteiger partial charge >= 0.3 is 0 Å². The molecule has 0 fully saturated rings. The van der Waals surface area contributed by atoms with E-state index in [4.69, 9.17) is 14.5 Å². The fourth-order valence-corrected chi connectivity index (χ4v) is 4.22. The van der Waals surface area contributed by atoms with Gasteiger partial charge in [-0.25, -0.2) is 14.5 Å². The van der Waals surface area contributed by atoms with E-state index >= 15 is 0 Å². The van der Waals surface area contributed by atoms with Crippen LogP contribution in [-0.2, 0) is 11.2 Å². The number of fused-ring (bicyclic) bond motifs is 3. The number of benzene rings is 2. The molecule has 0 radical (unpaired) electrons. The van der Waals surface area contributed by atoms with E-state index in [1.807, 2.05) is 54.6 Å². The van der Waals surface area contributed by atoms with Gasteiger partial charge in [-0.15, -0.1) is 5.10 Å². The minimum Gasteiger partial charge on any atom is -0.497 e. The SMILES string of the molecule is COc1ccc([C@H]2C(C(C)=O)=C(C)Oc3ncn4nc(Cc5ccccc5)nc4c32)cc1. The predicted molar refractivity (Wildman–Crippen MR) is 119 cm³/mol. The molecule has 4 aromatic rings. The fourth-order valence-electron chi connectivity index (χ4n) is 4.22. The summed E-state index contributed by atoms with van der Waals surface area (Å²) in [5, 5.41) is 4.63. The van der Waals surface area contributed by atoms with Crippen molar-refractivity contribution in [2.45, 2.75) is 26.2 Å². The summed E-state index contributed by atoms with van der Waals surface area (Å²) in [4.78, 5) is 22.0. The van der Waals surface area contributed by atoms with Gasteiger partial charge in [0.1, 0.15) is 17.8 Å². The first-order valence-electron chi connectivity index (χ1n) is 10.4. The van der Waals surface area contributed by atoms with Gasteiger partial charge in [0.2, 0.25) is 5.88 Å². The van der Waals surface area contributed by atoms with Crippen molar-refractivity contribution in [1.29, 1.82) is 0 Å². The first-order valence-corrected chi connectivity index (χ1v) is 10.4. The number of nitrogens with zero attached hydrogens (tertiary/aromatic N) is 4. The minimum absolute atomic E-state index is 0.0556. The van der Waals surface area contributed by atoms with Crippen LogP contribution in [0.4, 0.5) is 0 Å². The largest absolute Gasteiger partial charge is 0.497 e. The minimum atomic E-state index is -0.368. The Balaban J connectivity index is 1.68. The van der Waals surface area contributed by atoms with Crippen LogP contribution in [0.3, 0.4) is 0 Å². The first kappa shape index (κ1) is 19.9. The topological polar surface area (TPSA) is 78.6 Å². The summed E-state index contributed by atoms with van der Waals surface area (Å²) >= 11 is 0. The number of hydrogen-bond donors (Lipinski definition) is 0. The van der Waals surface area contributed by atoms with Crippen LogP contribution in [0.5, 0.6) is 11.6 Å². The molecule has 0 saturated heterocycles. The van der Waals surface area contributed by atoms with E-state index in [1.165, 1.54) is 0 Å². The van der Waals surface area contributed by atoms with Crippen LogP contribution >= 0.6 is 0 Å². The van der Waals surface area contributed by atoms with E-state index in [2.05, 4.69) is 10.1 Å². The molecule has 0 amide bonds. The number of methoxy groups -OCH3 is 1. The van der Waals surface area contributed by atoms with Gasteiger partial charge in [-0.05, 0) is 37.1 Å². The number of carbonyl (C=O) groups excluding carboxylic acids is 1. The third-order valence-electron chi connectivity index (χ3n) is 5.67. The van der Waals surface area contributed by atoms with E-state index in [9.17, 15) is 4.79 Å². The van der Waals surface area contributed by atoms with Crippen LogP contribution < -0.4 is 9.47 Å². The van der Waals surface area contributed by atoms with Crippen molar-refractivity contribution in [2.75, 3.05) is 7.11 Å². The first-order chi connectivity index (χ1) is 15.5. The Morgan fingerprint density at radius 2 is 1.88 bits per heavy atom. The highest BCUT2D eigenvalue weighted by atomic mass is 16.5. The van der Waals surface area contributed by atoms with Crippen molar-refractivity contribution in [3.05, 3.63) is 94.8 Å². The standard InChI is InChI=1S/C25H22N4O3/c1-15(30)21-16(2)32-25-23(22(21)18-9-11-19(31-3)12-10-18)24-27-20(28-29(24)14-26-25)13-17-7-5-4-6-8-17/h4-12,14,22H,13H2,1-3H3/t22-/m0/s1. The highest BCUT2D eigenvalue weighted by Gasteiger charge is 2.35. The lowest BCUT2D eigenvalue weighted by Gasteiger charge is -2.28. The molecule has 1 atom stereocenters. The van der Waals surface area contributed by atoms with E-state index in [0.717, 1.165) is 22.4 Å². The molecule has 2 aromatic carbocycles. The van der Waals surface area contributed by atoms with Gasteiger partial charge in [-0.2, -0.15) is 0 Å². The van der Waals surface area contributed by atoms with Crippen LogP contribution in [0.25, 0.3) is 5.65 Å². The number of carbonyl (C=O) groups is 1. The monoisotopic (exact) mass is 426 g/mol. The van der Waals surface area contributed by atoms with E-state index in [0.29, 0.717) is 35.1 Å². The number of ketones is 1. The van der Waals surface area contributed by atoms with Crippen molar-refractivity contribution in [2.24, 2.45) is 0 Å². The second-order valence-electron chi connectivity index (χ2n) is 7.76. The number of hydrogen-bond acceptors (Lipinski definition) is 6. The molecule has 0 N–H and O–H groups in total. The lowest BCUT2D eigenvalue weighted by Crippen LogP contribution is -2.22. The summed E-state index contributed by atoms with van der Waals surface area (Å²) in [6.07, 6.45) is 2.20. The van der Waals surface area contributed by atoms with Crippen LogP contribution in [0.15, 0.2) is 72.3 Å². The molecule has 0 bridgehead atoms. The average Bonchev–Trinajstić information content (AvgIpc) is 3.21. The number of rotatable bonds is 5. The van der Waals surface area contributed by atoms with Gasteiger partial charge in [0.25, 0.3) is 0 Å². The zero-order chi connectivity index (χ0) is 22.2. The van der Waals surface area contributed by atoms with E-state index < -0.39 is 0 Å². The summed E-state index contributed by atoms with van der Waals surface area (Å²) < 4.78 is 13.0. The summed E-state index contributed by atoms with van der Waals surface area (Å²) in [5.41, 5.74) is 4.01. The maximum atomic E-state index is 12.7. The quantitative estimate of drug-likeness (QED) is 0.478. The molecule has 32 heavy (non-hydrogen) atoms. The van der Waals surface area contributed by atoms with Gasteiger partial charge in [-0.1, -0.05) is 42.5 Å². The van der Waals surface area contributed by atoms with Crippen molar-refractivity contribution in [1.82, 2.24) is 19.6 Å². The highest BCUT2D eigenvalue weighted by Crippen LogP contribution is 2.44. The van der Waals surface area contributed by atoms with Crippen LogP contribution in [-0.4, -0.2) is 32.5 Å². The maximum Gasteiger partial charge on any atom is 0.228 e. The number of Topliss-reactive ketones (excluding diaryl/α,β-unsaturated/α-hetero) is 1. The molecule has 160 valence electrons. The van der Waals surface area contributed by atoms with Gasteiger partial charge in [0, 0.05) is 17.9 Å². The van der Waals surface area contributed by atoms with Crippen LogP contribution in [0.1, 0.15) is 42.3 Å². The van der Waals surface area contributed by atoms with Crippen molar-refractivity contribution < 1.29 is 14.3 Å². The maximum absolute atomic E-state index is 12.7. The average molecular weight is 426 g/mol. The Bertz CT molecular complexity index is 1340. The summed E-state index contributed by atoms with van der Waals surface area (Å²) in [7, 11) is 1.63. The Morgan fingerprint density at radius 1 is 1.12 bits per heavy atom. The van der Waals surface area contributed by atoms with Crippen molar-refractivity contribution >= 4 is 11.4 Å². The molecule has 0 spiro atoms. The summed E-state index contributed by atoms with van der Waals surface area (Å²) in [6.45, 7) is 3.36. The molecule has 7 nitrogen and oxygen atoms in total. The second-order valence-corrected chi connectivity index (χ2v) is 7.76. The molecular weight excluding hydrogens is 404 g/mol.